The molecule has 1 heterocycles. The van der Waals surface area contributed by atoms with E-state index in [1.807, 2.05) is 24.3 Å². The molecule has 3 rings (SSSR count). The molecule has 1 saturated carbocycles. The maximum atomic E-state index is 12.4. The minimum atomic E-state index is -0.538. The summed E-state index contributed by atoms with van der Waals surface area (Å²) in [6.07, 6.45) is 2.04. The molecule has 94 valence electrons. The van der Waals surface area contributed by atoms with Gasteiger partial charge in [-0.25, -0.2) is 0 Å². The van der Waals surface area contributed by atoms with Crippen LogP contribution in [0, 0.1) is 0 Å². The summed E-state index contributed by atoms with van der Waals surface area (Å²) < 4.78 is 0.908. The molecule has 0 unspecified atom stereocenters. The molecule has 2 aliphatic rings. The fourth-order valence-corrected chi connectivity index (χ4v) is 2.69. The van der Waals surface area contributed by atoms with Gasteiger partial charge < -0.3 is 10.2 Å². The Bertz CT molecular complexity index is 513. The summed E-state index contributed by atoms with van der Waals surface area (Å²) in [4.78, 5) is 25.8. The largest absolute Gasteiger partial charge is 0.339 e. The maximum absolute atomic E-state index is 12.4. The van der Waals surface area contributed by atoms with Crippen molar-refractivity contribution in [3.63, 3.8) is 0 Å². The van der Waals surface area contributed by atoms with Gasteiger partial charge in [-0.3, -0.25) is 9.59 Å². The van der Waals surface area contributed by atoms with Gasteiger partial charge in [0.15, 0.2) is 0 Å². The van der Waals surface area contributed by atoms with Gasteiger partial charge in [-0.05, 0) is 30.5 Å². The molecule has 0 spiro atoms. The van der Waals surface area contributed by atoms with Crippen LogP contribution in [0.3, 0.4) is 0 Å². The molecule has 1 aliphatic carbocycles. The molecule has 5 heteroatoms. The number of carbonyl (C=O) groups is 2. The van der Waals surface area contributed by atoms with Crippen molar-refractivity contribution in [2.75, 3.05) is 6.54 Å². The lowest BCUT2D eigenvalue weighted by Crippen LogP contribution is -2.54. The predicted octanol–water partition coefficient (Wildman–Crippen LogP) is 1.61. The molecule has 0 bridgehead atoms. The number of rotatable bonds is 2. The van der Waals surface area contributed by atoms with Gasteiger partial charge in [0.1, 0.15) is 6.04 Å². The minimum absolute atomic E-state index is 0.00944. The SMILES string of the molecule is O=C1CN(C2CC2)C(=O)[C@@H](c2cccc(Br)c2)N1. The highest BCUT2D eigenvalue weighted by Gasteiger charge is 2.41. The second-order valence-electron chi connectivity index (χ2n) is 4.75. The Balaban J connectivity index is 1.90. The van der Waals surface area contributed by atoms with Gasteiger partial charge in [0.05, 0.1) is 6.54 Å². The fraction of sp³-hybridized carbons (Fsp3) is 0.385. The molecule has 2 fully saturated rings. The van der Waals surface area contributed by atoms with E-state index in [0.29, 0.717) is 0 Å². The zero-order chi connectivity index (χ0) is 12.7. The number of hydrogen-bond acceptors (Lipinski definition) is 2. The predicted molar refractivity (Wildman–Crippen MR) is 69.8 cm³/mol. The fourth-order valence-electron chi connectivity index (χ4n) is 2.27. The number of nitrogens with one attached hydrogen (secondary N) is 1. The van der Waals surface area contributed by atoms with E-state index in [2.05, 4.69) is 21.2 Å². The Kier molecular flexibility index (Phi) is 2.86. The third-order valence-electron chi connectivity index (χ3n) is 3.32. The van der Waals surface area contributed by atoms with Gasteiger partial charge in [-0.15, -0.1) is 0 Å². The Hall–Kier alpha value is -1.36. The smallest absolute Gasteiger partial charge is 0.250 e. The molecule has 2 amide bonds. The Morgan fingerprint density at radius 2 is 2.06 bits per heavy atom. The third kappa shape index (κ3) is 2.14. The highest BCUT2D eigenvalue weighted by atomic mass is 79.9. The maximum Gasteiger partial charge on any atom is 0.250 e. The molecule has 1 saturated heterocycles. The van der Waals surface area contributed by atoms with Crippen LogP contribution in [0.2, 0.25) is 0 Å². The van der Waals surface area contributed by atoms with Crippen LogP contribution in [0.25, 0.3) is 0 Å². The average molecular weight is 309 g/mol. The zero-order valence-corrected chi connectivity index (χ0v) is 11.3. The molecule has 18 heavy (non-hydrogen) atoms. The van der Waals surface area contributed by atoms with E-state index in [4.69, 9.17) is 0 Å². The molecule has 1 aromatic carbocycles. The van der Waals surface area contributed by atoms with Crippen molar-refractivity contribution < 1.29 is 9.59 Å². The number of benzene rings is 1. The zero-order valence-electron chi connectivity index (χ0n) is 9.73. The van der Waals surface area contributed by atoms with E-state index in [1.165, 1.54) is 0 Å². The van der Waals surface area contributed by atoms with E-state index in [0.717, 1.165) is 22.9 Å². The quantitative estimate of drug-likeness (QED) is 0.902. The van der Waals surface area contributed by atoms with Gasteiger partial charge in [0.2, 0.25) is 5.91 Å². The lowest BCUT2D eigenvalue weighted by Gasteiger charge is -2.32. The highest BCUT2D eigenvalue weighted by Crippen LogP contribution is 2.31. The molecule has 1 aliphatic heterocycles. The van der Waals surface area contributed by atoms with E-state index >= 15 is 0 Å². The number of piperazine rings is 1. The first-order valence-electron chi connectivity index (χ1n) is 6.00. The van der Waals surface area contributed by atoms with Crippen LogP contribution < -0.4 is 5.32 Å². The van der Waals surface area contributed by atoms with Crippen LogP contribution in [-0.2, 0) is 9.59 Å². The average Bonchev–Trinajstić information content (AvgIpc) is 3.16. The van der Waals surface area contributed by atoms with E-state index in [9.17, 15) is 9.59 Å². The number of nitrogens with zero attached hydrogens (tertiary/aromatic N) is 1. The Morgan fingerprint density at radius 1 is 1.28 bits per heavy atom. The number of hydrogen-bond donors (Lipinski definition) is 1. The molecule has 4 nitrogen and oxygen atoms in total. The summed E-state index contributed by atoms with van der Waals surface area (Å²) >= 11 is 3.38. The van der Waals surface area contributed by atoms with Crippen LogP contribution in [0.1, 0.15) is 24.4 Å². The van der Waals surface area contributed by atoms with Crippen LogP contribution in [-0.4, -0.2) is 29.3 Å². The van der Waals surface area contributed by atoms with Crippen LogP contribution >= 0.6 is 15.9 Å². The molecule has 1 N–H and O–H groups in total. The van der Waals surface area contributed by atoms with Crippen molar-refractivity contribution in [2.45, 2.75) is 24.9 Å². The van der Waals surface area contributed by atoms with Gasteiger partial charge in [-0.1, -0.05) is 28.1 Å². The number of halogens is 1. The van der Waals surface area contributed by atoms with Crippen molar-refractivity contribution >= 4 is 27.7 Å². The lowest BCUT2D eigenvalue weighted by atomic mass is 10.0. The molecular weight excluding hydrogens is 296 g/mol. The minimum Gasteiger partial charge on any atom is -0.339 e. The molecule has 1 atom stereocenters. The summed E-state index contributed by atoms with van der Waals surface area (Å²) in [6.45, 7) is 0.202. The summed E-state index contributed by atoms with van der Waals surface area (Å²) in [7, 11) is 0. The molecule has 0 radical (unpaired) electrons. The van der Waals surface area contributed by atoms with Crippen LogP contribution in [0.5, 0.6) is 0 Å². The summed E-state index contributed by atoms with van der Waals surface area (Å²) in [5.74, 6) is -0.0679. The van der Waals surface area contributed by atoms with Crippen LogP contribution in [0.15, 0.2) is 28.7 Å². The van der Waals surface area contributed by atoms with Gasteiger partial charge in [0, 0.05) is 10.5 Å². The Labute approximate surface area is 113 Å². The summed E-state index contributed by atoms with van der Waals surface area (Å²) in [5.41, 5.74) is 0.827. The van der Waals surface area contributed by atoms with Gasteiger partial charge >= 0.3 is 0 Å². The second kappa shape index (κ2) is 4.39. The topological polar surface area (TPSA) is 49.4 Å². The first-order valence-corrected chi connectivity index (χ1v) is 6.80. The van der Waals surface area contributed by atoms with Crippen molar-refractivity contribution in [3.05, 3.63) is 34.3 Å². The summed E-state index contributed by atoms with van der Waals surface area (Å²) in [6, 6.07) is 7.25. The molecule has 0 aromatic heterocycles. The van der Waals surface area contributed by atoms with Crippen molar-refractivity contribution in [1.29, 1.82) is 0 Å². The summed E-state index contributed by atoms with van der Waals surface area (Å²) in [5, 5.41) is 2.77. The van der Waals surface area contributed by atoms with Crippen LogP contribution in [0.4, 0.5) is 0 Å². The normalized spacial score (nSPS) is 24.1. The highest BCUT2D eigenvalue weighted by molar-refractivity contribution is 9.10. The monoisotopic (exact) mass is 308 g/mol. The Morgan fingerprint density at radius 3 is 2.72 bits per heavy atom. The second-order valence-corrected chi connectivity index (χ2v) is 5.67. The lowest BCUT2D eigenvalue weighted by molar-refractivity contribution is -0.145. The van der Waals surface area contributed by atoms with Crippen molar-refractivity contribution in [2.24, 2.45) is 0 Å². The van der Waals surface area contributed by atoms with Crippen molar-refractivity contribution in [1.82, 2.24) is 10.2 Å². The van der Waals surface area contributed by atoms with Gasteiger partial charge in [0.25, 0.3) is 5.91 Å². The first kappa shape index (κ1) is 11.7. The standard InChI is InChI=1S/C13H13BrN2O2/c14-9-3-1-2-8(6-9)12-13(18)16(10-4-5-10)7-11(17)15-12/h1-3,6,10,12H,4-5,7H2,(H,15,17)/t12-/m1/s1. The number of carbonyl (C=O) groups excluding carboxylic acids is 2. The third-order valence-corrected chi connectivity index (χ3v) is 3.81. The van der Waals surface area contributed by atoms with Gasteiger partial charge in [-0.2, -0.15) is 0 Å². The molecular formula is C13H13BrN2O2. The first-order chi connectivity index (χ1) is 8.65. The number of amides is 2. The van der Waals surface area contributed by atoms with Crippen molar-refractivity contribution in [3.8, 4) is 0 Å². The molecule has 1 aromatic rings. The van der Waals surface area contributed by atoms with E-state index in [-0.39, 0.29) is 24.4 Å². The van der Waals surface area contributed by atoms with E-state index in [1.54, 1.807) is 4.90 Å². The van der Waals surface area contributed by atoms with E-state index < -0.39 is 6.04 Å².